The number of anilines is 2. The van der Waals surface area contributed by atoms with Crippen LogP contribution in [0.25, 0.3) is 11.1 Å². The number of methoxy groups -OCH3 is 1. The molecule has 0 bridgehead atoms. The summed E-state index contributed by atoms with van der Waals surface area (Å²) in [7, 11) is -2.23. The molecule has 9 nitrogen and oxygen atoms in total. The Kier molecular flexibility index (Phi) is 6.50. The van der Waals surface area contributed by atoms with E-state index < -0.39 is 10.1 Å². The maximum atomic E-state index is 12.0. The van der Waals surface area contributed by atoms with Gasteiger partial charge in [0.1, 0.15) is 17.3 Å². The van der Waals surface area contributed by atoms with E-state index in [1.54, 1.807) is 37.4 Å². The Morgan fingerprint density at radius 1 is 1.06 bits per heavy atom. The minimum Gasteiger partial charge on any atom is -0.497 e. The van der Waals surface area contributed by atoms with E-state index in [0.717, 1.165) is 6.26 Å². The fourth-order valence-electron chi connectivity index (χ4n) is 3.08. The lowest BCUT2D eigenvalue weighted by atomic mass is 9.98. The van der Waals surface area contributed by atoms with E-state index in [9.17, 15) is 8.42 Å². The molecule has 0 radical (unpaired) electrons. The zero-order valence-electron chi connectivity index (χ0n) is 17.5. The summed E-state index contributed by atoms with van der Waals surface area (Å²) < 4.78 is 40.3. The molecule has 10 heteroatoms. The Hall–Kier alpha value is -3.53. The molecule has 0 aliphatic heterocycles. The summed E-state index contributed by atoms with van der Waals surface area (Å²) in [5.74, 6) is 1.60. The van der Waals surface area contributed by atoms with E-state index in [4.69, 9.17) is 25.1 Å². The molecule has 0 saturated carbocycles. The van der Waals surface area contributed by atoms with Crippen LogP contribution in [0.2, 0.25) is 0 Å². The van der Waals surface area contributed by atoms with Crippen molar-refractivity contribution in [1.29, 1.82) is 0 Å². The Balaban J connectivity index is 2.15. The van der Waals surface area contributed by atoms with Gasteiger partial charge in [-0.05, 0) is 42.3 Å². The van der Waals surface area contributed by atoms with Crippen LogP contribution in [0.1, 0.15) is 18.1 Å². The zero-order chi connectivity index (χ0) is 22.6. The van der Waals surface area contributed by atoms with Gasteiger partial charge in [-0.15, -0.1) is 0 Å². The van der Waals surface area contributed by atoms with E-state index in [1.165, 1.54) is 6.20 Å². The van der Waals surface area contributed by atoms with Gasteiger partial charge in [-0.2, -0.15) is 13.4 Å². The van der Waals surface area contributed by atoms with Crippen molar-refractivity contribution in [3.8, 4) is 28.4 Å². The number of nitrogens with two attached hydrogens (primary N) is 2. The van der Waals surface area contributed by atoms with Gasteiger partial charge in [-0.25, -0.2) is 4.98 Å². The Labute approximate surface area is 181 Å². The Morgan fingerprint density at radius 3 is 2.32 bits per heavy atom. The number of aromatic nitrogens is 2. The number of rotatable bonds is 8. The summed E-state index contributed by atoms with van der Waals surface area (Å²) >= 11 is 0. The molecule has 0 unspecified atom stereocenters. The van der Waals surface area contributed by atoms with Crippen molar-refractivity contribution >= 4 is 21.9 Å². The van der Waals surface area contributed by atoms with Crippen LogP contribution in [-0.2, 0) is 16.5 Å². The third-order valence-electron chi connectivity index (χ3n) is 4.36. The molecule has 0 aliphatic carbocycles. The highest BCUT2D eigenvalue weighted by atomic mass is 32.2. The smallest absolute Gasteiger partial charge is 0.306 e. The number of nitrogens with zero attached hydrogens (tertiary/aromatic N) is 2. The molecule has 0 aliphatic rings. The van der Waals surface area contributed by atoms with Gasteiger partial charge in [0.15, 0.2) is 5.75 Å². The maximum Gasteiger partial charge on any atom is 0.306 e. The molecular weight excluding hydrogens is 420 g/mol. The van der Waals surface area contributed by atoms with E-state index in [2.05, 4.69) is 9.97 Å². The molecule has 0 atom stereocenters. The molecule has 2 aromatic carbocycles. The van der Waals surface area contributed by atoms with Crippen molar-refractivity contribution in [1.82, 2.24) is 9.97 Å². The highest BCUT2D eigenvalue weighted by molar-refractivity contribution is 7.86. The summed E-state index contributed by atoms with van der Waals surface area (Å²) in [5.41, 5.74) is 14.1. The molecule has 0 saturated heterocycles. The summed E-state index contributed by atoms with van der Waals surface area (Å²) in [6.07, 6.45) is 2.85. The number of nitrogen functional groups attached to an aromatic ring is 2. The number of benzene rings is 2. The normalized spacial score (nSPS) is 11.2. The first-order chi connectivity index (χ1) is 14.7. The topological polar surface area (TPSA) is 140 Å². The second-order valence-electron chi connectivity index (χ2n) is 6.73. The lowest BCUT2D eigenvalue weighted by molar-refractivity contribution is 0.340. The van der Waals surface area contributed by atoms with E-state index in [0.29, 0.717) is 46.8 Å². The lowest BCUT2D eigenvalue weighted by Gasteiger charge is -2.18. The van der Waals surface area contributed by atoms with Crippen molar-refractivity contribution in [2.75, 3.05) is 31.4 Å². The predicted molar refractivity (Wildman–Crippen MR) is 119 cm³/mol. The van der Waals surface area contributed by atoms with Crippen LogP contribution in [0.5, 0.6) is 17.2 Å². The summed E-state index contributed by atoms with van der Waals surface area (Å²) in [6.45, 7) is 2.21. The van der Waals surface area contributed by atoms with Crippen molar-refractivity contribution in [2.24, 2.45) is 0 Å². The summed E-state index contributed by atoms with van der Waals surface area (Å²) in [5, 5.41) is 0. The molecule has 3 aromatic rings. The molecule has 31 heavy (non-hydrogen) atoms. The quantitative estimate of drug-likeness (QED) is 0.502. The molecule has 0 spiro atoms. The average molecular weight is 445 g/mol. The first kappa shape index (κ1) is 22.2. The van der Waals surface area contributed by atoms with Crippen molar-refractivity contribution < 1.29 is 22.1 Å². The van der Waals surface area contributed by atoms with Gasteiger partial charge in [0.2, 0.25) is 5.95 Å². The van der Waals surface area contributed by atoms with Gasteiger partial charge in [0.05, 0.1) is 25.5 Å². The summed E-state index contributed by atoms with van der Waals surface area (Å²) in [4.78, 5) is 7.94. The van der Waals surface area contributed by atoms with Gasteiger partial charge in [0.25, 0.3) is 0 Å². The molecule has 164 valence electrons. The standard InChI is InChI=1S/C21H24N4O5S/c1-4-29-17-10-13(9-15-12-24-21(23)25-20(15)22)11-18(30-31(3,26)27)19(17)14-5-7-16(28-2)8-6-14/h5-8,10-12H,4,9H2,1-3H3,(H4,22,23,24,25). The minimum atomic E-state index is -3.80. The van der Waals surface area contributed by atoms with Crippen molar-refractivity contribution in [3.05, 3.63) is 53.7 Å². The second-order valence-corrected chi connectivity index (χ2v) is 8.31. The van der Waals surface area contributed by atoms with Gasteiger partial charge in [-0.3, -0.25) is 0 Å². The van der Waals surface area contributed by atoms with Crippen LogP contribution >= 0.6 is 0 Å². The molecule has 0 fully saturated rings. The molecule has 1 heterocycles. The average Bonchev–Trinajstić information content (AvgIpc) is 2.69. The van der Waals surface area contributed by atoms with Gasteiger partial charge in [0, 0.05) is 18.2 Å². The Bertz CT molecular complexity index is 1180. The van der Waals surface area contributed by atoms with Crippen LogP contribution in [0.3, 0.4) is 0 Å². The SMILES string of the molecule is CCOc1cc(Cc2cnc(N)nc2N)cc(OS(C)(=O)=O)c1-c1ccc(OC)cc1. The fraction of sp³-hybridized carbons (Fsp3) is 0.238. The second kappa shape index (κ2) is 9.09. The third-order valence-corrected chi connectivity index (χ3v) is 4.84. The highest BCUT2D eigenvalue weighted by Crippen LogP contribution is 2.41. The fourth-order valence-corrected chi connectivity index (χ4v) is 3.53. The first-order valence-electron chi connectivity index (χ1n) is 9.40. The molecule has 1 aromatic heterocycles. The molecular formula is C21H24N4O5S. The van der Waals surface area contributed by atoms with E-state index in [-0.39, 0.29) is 17.5 Å². The van der Waals surface area contributed by atoms with Crippen LogP contribution in [0.4, 0.5) is 11.8 Å². The van der Waals surface area contributed by atoms with E-state index in [1.807, 2.05) is 13.0 Å². The summed E-state index contributed by atoms with van der Waals surface area (Å²) in [6, 6.07) is 10.6. The van der Waals surface area contributed by atoms with Gasteiger partial charge >= 0.3 is 10.1 Å². The predicted octanol–water partition coefficient (Wildman–Crippen LogP) is 2.64. The van der Waals surface area contributed by atoms with Gasteiger partial charge < -0.3 is 25.1 Å². The van der Waals surface area contributed by atoms with Crippen molar-refractivity contribution in [3.63, 3.8) is 0 Å². The maximum absolute atomic E-state index is 12.0. The molecule has 4 N–H and O–H groups in total. The number of hydrogen-bond acceptors (Lipinski definition) is 9. The van der Waals surface area contributed by atoms with Gasteiger partial charge in [-0.1, -0.05) is 12.1 Å². The molecule has 3 rings (SSSR count). The zero-order valence-corrected chi connectivity index (χ0v) is 18.3. The minimum absolute atomic E-state index is 0.0761. The molecule has 0 amide bonds. The van der Waals surface area contributed by atoms with E-state index >= 15 is 0 Å². The number of hydrogen-bond donors (Lipinski definition) is 2. The third kappa shape index (κ3) is 5.54. The lowest BCUT2D eigenvalue weighted by Crippen LogP contribution is -2.09. The van der Waals surface area contributed by atoms with Crippen LogP contribution in [0, 0.1) is 0 Å². The van der Waals surface area contributed by atoms with Crippen LogP contribution in [-0.4, -0.2) is 38.4 Å². The Morgan fingerprint density at radius 2 is 1.74 bits per heavy atom. The number of ether oxygens (including phenoxy) is 2. The highest BCUT2D eigenvalue weighted by Gasteiger charge is 2.20. The largest absolute Gasteiger partial charge is 0.497 e. The van der Waals surface area contributed by atoms with Crippen LogP contribution < -0.4 is 25.1 Å². The first-order valence-corrected chi connectivity index (χ1v) is 11.2. The van der Waals surface area contributed by atoms with Crippen molar-refractivity contribution in [2.45, 2.75) is 13.3 Å². The monoisotopic (exact) mass is 444 g/mol. The van der Waals surface area contributed by atoms with Crippen LogP contribution in [0.15, 0.2) is 42.6 Å².